The van der Waals surface area contributed by atoms with Crippen LogP contribution in [0.3, 0.4) is 0 Å². The minimum atomic E-state index is 0.439. The lowest BCUT2D eigenvalue weighted by Crippen LogP contribution is -2.42. The van der Waals surface area contributed by atoms with Crippen LogP contribution in [-0.2, 0) is 0 Å². The zero-order chi connectivity index (χ0) is 11.2. The molecule has 0 aliphatic carbocycles. The van der Waals surface area contributed by atoms with Crippen LogP contribution in [0.5, 0.6) is 5.75 Å². The lowest BCUT2D eigenvalue weighted by Gasteiger charge is -2.24. The first-order chi connectivity index (χ1) is 7.90. The van der Waals surface area contributed by atoms with Crippen molar-refractivity contribution in [3.63, 3.8) is 0 Å². The number of hydrogen-bond acceptors (Lipinski definition) is 3. The van der Waals surface area contributed by atoms with E-state index < -0.39 is 0 Å². The van der Waals surface area contributed by atoms with E-state index in [1.807, 2.05) is 0 Å². The van der Waals surface area contributed by atoms with Crippen LogP contribution in [0.25, 0.3) is 0 Å². The van der Waals surface area contributed by atoms with Gasteiger partial charge in [-0.2, -0.15) is 0 Å². The number of benzene rings is 1. The molecule has 1 fully saturated rings. The normalized spacial score (nSPS) is 20.7. The van der Waals surface area contributed by atoms with Gasteiger partial charge in [0.15, 0.2) is 0 Å². The van der Waals surface area contributed by atoms with Crippen molar-refractivity contribution in [1.82, 2.24) is 10.6 Å². The van der Waals surface area contributed by atoms with Gasteiger partial charge in [-0.3, -0.25) is 0 Å². The fourth-order valence-corrected chi connectivity index (χ4v) is 1.91. The Morgan fingerprint density at radius 1 is 1.25 bits per heavy atom. The molecule has 0 aromatic heterocycles. The average molecular weight is 220 g/mol. The van der Waals surface area contributed by atoms with Crippen molar-refractivity contribution >= 4 is 0 Å². The molecule has 1 aliphatic rings. The maximum absolute atomic E-state index is 5.56. The molecule has 1 saturated heterocycles. The van der Waals surface area contributed by atoms with Gasteiger partial charge in [-0.1, -0.05) is 19.1 Å². The smallest absolute Gasteiger partial charge is 0.119 e. The summed E-state index contributed by atoms with van der Waals surface area (Å²) in [6.45, 7) is 6.02. The summed E-state index contributed by atoms with van der Waals surface area (Å²) in [6, 6.07) is 8.85. The molecular formula is C13H20N2O. The maximum Gasteiger partial charge on any atom is 0.119 e. The topological polar surface area (TPSA) is 33.3 Å². The molecule has 3 nitrogen and oxygen atoms in total. The van der Waals surface area contributed by atoms with Gasteiger partial charge in [-0.25, -0.2) is 0 Å². The summed E-state index contributed by atoms with van der Waals surface area (Å²) in [4.78, 5) is 0. The van der Waals surface area contributed by atoms with Crippen LogP contribution in [0.2, 0.25) is 0 Å². The van der Waals surface area contributed by atoms with E-state index in [1.165, 1.54) is 5.56 Å². The summed E-state index contributed by atoms with van der Waals surface area (Å²) >= 11 is 0. The zero-order valence-electron chi connectivity index (χ0n) is 9.83. The molecule has 0 amide bonds. The Hall–Kier alpha value is -1.06. The third-order valence-corrected chi connectivity index (χ3v) is 2.80. The summed E-state index contributed by atoms with van der Waals surface area (Å²) in [5, 5.41) is 6.88. The summed E-state index contributed by atoms with van der Waals surface area (Å²) < 4.78 is 5.56. The van der Waals surface area contributed by atoms with E-state index in [0.29, 0.717) is 6.04 Å². The van der Waals surface area contributed by atoms with Crippen molar-refractivity contribution in [2.75, 3.05) is 26.2 Å². The van der Waals surface area contributed by atoms with Crippen LogP contribution in [0.15, 0.2) is 24.3 Å². The van der Waals surface area contributed by atoms with E-state index in [-0.39, 0.29) is 0 Å². The van der Waals surface area contributed by atoms with Gasteiger partial charge < -0.3 is 15.4 Å². The minimum absolute atomic E-state index is 0.439. The standard InChI is InChI=1S/C13H20N2O/c1-2-9-16-12-5-3-11(4-6-12)13-10-14-7-8-15-13/h3-6,13-15H,2,7-10H2,1H3. The van der Waals surface area contributed by atoms with Crippen molar-refractivity contribution in [2.24, 2.45) is 0 Å². The van der Waals surface area contributed by atoms with E-state index in [9.17, 15) is 0 Å². The first-order valence-corrected chi connectivity index (χ1v) is 6.07. The van der Waals surface area contributed by atoms with E-state index >= 15 is 0 Å². The molecule has 1 atom stereocenters. The maximum atomic E-state index is 5.56. The summed E-state index contributed by atoms with van der Waals surface area (Å²) in [5.41, 5.74) is 1.33. The predicted molar refractivity (Wildman–Crippen MR) is 65.8 cm³/mol. The lowest BCUT2D eigenvalue weighted by atomic mass is 10.1. The van der Waals surface area contributed by atoms with Crippen molar-refractivity contribution in [3.8, 4) is 5.75 Å². The molecule has 1 aliphatic heterocycles. The van der Waals surface area contributed by atoms with Crippen molar-refractivity contribution in [3.05, 3.63) is 29.8 Å². The van der Waals surface area contributed by atoms with Gasteiger partial charge in [-0.15, -0.1) is 0 Å². The Bertz CT molecular complexity index is 304. The van der Waals surface area contributed by atoms with Crippen LogP contribution < -0.4 is 15.4 Å². The number of hydrogen-bond donors (Lipinski definition) is 2. The molecule has 2 rings (SSSR count). The van der Waals surface area contributed by atoms with Gasteiger partial charge in [0.25, 0.3) is 0 Å². The summed E-state index contributed by atoms with van der Waals surface area (Å²) in [5.74, 6) is 0.967. The average Bonchev–Trinajstić information content (AvgIpc) is 2.38. The second kappa shape index (κ2) is 5.87. The number of ether oxygens (including phenoxy) is 1. The van der Waals surface area contributed by atoms with E-state index in [4.69, 9.17) is 4.74 Å². The second-order valence-electron chi connectivity index (χ2n) is 4.13. The molecule has 88 valence electrons. The Kier molecular flexibility index (Phi) is 4.19. The third-order valence-electron chi connectivity index (χ3n) is 2.80. The molecule has 3 heteroatoms. The van der Waals surface area contributed by atoms with Gasteiger partial charge in [0, 0.05) is 25.7 Å². The Morgan fingerprint density at radius 3 is 2.69 bits per heavy atom. The highest BCUT2D eigenvalue weighted by Gasteiger charge is 2.13. The summed E-state index contributed by atoms with van der Waals surface area (Å²) in [7, 11) is 0. The van der Waals surface area contributed by atoms with Crippen LogP contribution in [0.4, 0.5) is 0 Å². The van der Waals surface area contributed by atoms with Crippen LogP contribution >= 0.6 is 0 Å². The van der Waals surface area contributed by atoms with Crippen LogP contribution in [0.1, 0.15) is 24.9 Å². The molecule has 1 heterocycles. The Morgan fingerprint density at radius 2 is 2.06 bits per heavy atom. The van der Waals surface area contributed by atoms with Crippen molar-refractivity contribution in [1.29, 1.82) is 0 Å². The molecule has 0 radical (unpaired) electrons. The number of piperazine rings is 1. The highest BCUT2D eigenvalue weighted by atomic mass is 16.5. The van der Waals surface area contributed by atoms with Crippen molar-refractivity contribution in [2.45, 2.75) is 19.4 Å². The monoisotopic (exact) mass is 220 g/mol. The van der Waals surface area contributed by atoms with E-state index in [1.54, 1.807) is 0 Å². The Labute approximate surface area is 97.2 Å². The largest absolute Gasteiger partial charge is 0.494 e. The van der Waals surface area contributed by atoms with Crippen LogP contribution in [-0.4, -0.2) is 26.2 Å². The number of rotatable bonds is 4. The highest BCUT2D eigenvalue weighted by molar-refractivity contribution is 5.29. The highest BCUT2D eigenvalue weighted by Crippen LogP contribution is 2.18. The molecule has 0 spiro atoms. The quantitative estimate of drug-likeness (QED) is 0.810. The fourth-order valence-electron chi connectivity index (χ4n) is 1.91. The molecule has 2 N–H and O–H groups in total. The molecule has 1 aromatic carbocycles. The molecule has 0 bridgehead atoms. The molecule has 16 heavy (non-hydrogen) atoms. The Balaban J connectivity index is 1.95. The van der Waals surface area contributed by atoms with Gasteiger partial charge in [0.2, 0.25) is 0 Å². The van der Waals surface area contributed by atoms with E-state index in [2.05, 4.69) is 41.8 Å². The van der Waals surface area contributed by atoms with Crippen LogP contribution in [0, 0.1) is 0 Å². The van der Waals surface area contributed by atoms with Gasteiger partial charge in [0.1, 0.15) is 5.75 Å². The fraction of sp³-hybridized carbons (Fsp3) is 0.538. The molecular weight excluding hydrogens is 200 g/mol. The lowest BCUT2D eigenvalue weighted by molar-refractivity contribution is 0.317. The first kappa shape index (κ1) is 11.4. The molecule has 1 unspecified atom stereocenters. The minimum Gasteiger partial charge on any atom is -0.494 e. The molecule has 0 saturated carbocycles. The SMILES string of the molecule is CCCOc1ccc(C2CNCCN2)cc1. The second-order valence-corrected chi connectivity index (χ2v) is 4.13. The van der Waals surface area contributed by atoms with E-state index in [0.717, 1.165) is 38.4 Å². The third kappa shape index (κ3) is 2.97. The first-order valence-electron chi connectivity index (χ1n) is 6.07. The van der Waals surface area contributed by atoms with Crippen molar-refractivity contribution < 1.29 is 4.74 Å². The summed E-state index contributed by atoms with van der Waals surface area (Å²) in [6.07, 6.45) is 1.05. The zero-order valence-corrected chi connectivity index (χ0v) is 9.83. The number of nitrogens with one attached hydrogen (secondary N) is 2. The van der Waals surface area contributed by atoms with Gasteiger partial charge in [0.05, 0.1) is 6.61 Å². The van der Waals surface area contributed by atoms with Gasteiger partial charge >= 0.3 is 0 Å². The van der Waals surface area contributed by atoms with Gasteiger partial charge in [-0.05, 0) is 24.1 Å². The predicted octanol–water partition coefficient (Wildman–Crippen LogP) is 1.71. The molecule has 1 aromatic rings.